The van der Waals surface area contributed by atoms with Crippen LogP contribution in [0.25, 0.3) is 0 Å². The van der Waals surface area contributed by atoms with Gasteiger partial charge in [-0.05, 0) is 74.0 Å². The minimum absolute atomic E-state index is 0.484. The summed E-state index contributed by atoms with van der Waals surface area (Å²) < 4.78 is 0. The predicted octanol–water partition coefficient (Wildman–Crippen LogP) is 4.75. The summed E-state index contributed by atoms with van der Waals surface area (Å²) in [6, 6.07) is 0.484. The molecule has 0 aromatic carbocycles. The molecule has 1 heteroatoms. The van der Waals surface area contributed by atoms with Gasteiger partial charge >= 0.3 is 0 Å². The smallest absolute Gasteiger partial charge is 0.00956 e. The molecule has 106 valence electrons. The van der Waals surface area contributed by atoms with Crippen molar-refractivity contribution < 1.29 is 0 Å². The van der Waals surface area contributed by atoms with Crippen molar-refractivity contribution >= 4 is 0 Å². The Bertz CT molecular complexity index is 231. The maximum absolute atomic E-state index is 6.60. The molecule has 2 aliphatic carbocycles. The monoisotopic (exact) mass is 251 g/mol. The molecule has 2 aliphatic rings. The van der Waals surface area contributed by atoms with Crippen LogP contribution in [-0.2, 0) is 0 Å². The first-order valence-corrected chi connectivity index (χ1v) is 8.05. The number of hydrogen-bond acceptors (Lipinski definition) is 1. The lowest BCUT2D eigenvalue weighted by atomic mass is 9.65. The van der Waals surface area contributed by atoms with Crippen LogP contribution in [0.15, 0.2) is 0 Å². The second-order valence-electron chi connectivity index (χ2n) is 8.58. The fourth-order valence-electron chi connectivity index (χ4n) is 4.00. The van der Waals surface area contributed by atoms with E-state index < -0.39 is 0 Å². The van der Waals surface area contributed by atoms with Crippen molar-refractivity contribution in [2.45, 2.75) is 85.1 Å². The molecule has 0 aromatic rings. The van der Waals surface area contributed by atoms with Gasteiger partial charge in [-0.25, -0.2) is 0 Å². The molecule has 0 aromatic heterocycles. The van der Waals surface area contributed by atoms with Crippen molar-refractivity contribution in [3.8, 4) is 0 Å². The van der Waals surface area contributed by atoms with E-state index in [4.69, 9.17) is 5.73 Å². The van der Waals surface area contributed by atoms with Crippen LogP contribution in [0.2, 0.25) is 0 Å². The van der Waals surface area contributed by atoms with E-state index in [-0.39, 0.29) is 0 Å². The van der Waals surface area contributed by atoms with E-state index in [1.165, 1.54) is 51.4 Å². The Kier molecular flexibility index (Phi) is 4.11. The lowest BCUT2D eigenvalue weighted by Crippen LogP contribution is -2.42. The van der Waals surface area contributed by atoms with Crippen molar-refractivity contribution in [1.29, 1.82) is 0 Å². The number of nitrogens with two attached hydrogens (primary N) is 1. The standard InChI is InChI=1S/C17H33N/c1-16(2)9-5-13(6-10-16)15(18)14-7-11-17(3,4)12-8-14/h13-15H,5-12,18H2,1-4H3. The van der Waals surface area contributed by atoms with E-state index in [0.29, 0.717) is 16.9 Å². The summed E-state index contributed by atoms with van der Waals surface area (Å²) in [6.07, 6.45) is 11.0. The molecule has 2 N–H and O–H groups in total. The van der Waals surface area contributed by atoms with Crippen LogP contribution in [0.4, 0.5) is 0 Å². The van der Waals surface area contributed by atoms with Crippen molar-refractivity contribution in [2.75, 3.05) is 0 Å². The van der Waals surface area contributed by atoms with Crippen LogP contribution in [0.1, 0.15) is 79.1 Å². The Balaban J connectivity index is 1.83. The molecule has 0 unspecified atom stereocenters. The summed E-state index contributed by atoms with van der Waals surface area (Å²) in [5.74, 6) is 1.62. The molecular formula is C17H33N. The molecular weight excluding hydrogens is 218 g/mol. The highest BCUT2D eigenvalue weighted by atomic mass is 14.7. The van der Waals surface area contributed by atoms with Crippen LogP contribution in [0, 0.1) is 22.7 Å². The largest absolute Gasteiger partial charge is 0.327 e. The van der Waals surface area contributed by atoms with Gasteiger partial charge in [0.05, 0.1) is 0 Å². The lowest BCUT2D eigenvalue weighted by Gasteiger charge is -2.42. The summed E-state index contributed by atoms with van der Waals surface area (Å²) in [7, 11) is 0. The van der Waals surface area contributed by atoms with Gasteiger partial charge < -0.3 is 5.73 Å². The number of hydrogen-bond donors (Lipinski definition) is 1. The minimum atomic E-state index is 0.484. The lowest BCUT2D eigenvalue weighted by molar-refractivity contribution is 0.113. The highest BCUT2D eigenvalue weighted by molar-refractivity contribution is 4.90. The summed E-state index contributed by atoms with van der Waals surface area (Å²) in [5, 5.41) is 0. The maximum atomic E-state index is 6.60. The van der Waals surface area contributed by atoms with E-state index in [1.54, 1.807) is 0 Å². The molecule has 0 aliphatic heterocycles. The molecule has 2 rings (SSSR count). The van der Waals surface area contributed by atoms with E-state index in [0.717, 1.165) is 11.8 Å². The molecule has 2 saturated carbocycles. The number of rotatable bonds is 2. The molecule has 1 nitrogen and oxygen atoms in total. The van der Waals surface area contributed by atoms with Crippen LogP contribution >= 0.6 is 0 Å². The van der Waals surface area contributed by atoms with Crippen LogP contribution < -0.4 is 5.73 Å². The van der Waals surface area contributed by atoms with Crippen LogP contribution in [0.5, 0.6) is 0 Å². The van der Waals surface area contributed by atoms with E-state index in [2.05, 4.69) is 27.7 Å². The van der Waals surface area contributed by atoms with E-state index >= 15 is 0 Å². The first kappa shape index (κ1) is 14.4. The summed E-state index contributed by atoms with van der Waals surface area (Å²) >= 11 is 0. The highest BCUT2D eigenvalue weighted by Gasteiger charge is 2.36. The Morgan fingerprint density at radius 1 is 0.722 bits per heavy atom. The van der Waals surface area contributed by atoms with Gasteiger partial charge in [0.25, 0.3) is 0 Å². The van der Waals surface area contributed by atoms with Gasteiger partial charge in [0.15, 0.2) is 0 Å². The average molecular weight is 251 g/mol. The normalized spacial score (nSPS) is 29.7. The molecule has 18 heavy (non-hydrogen) atoms. The molecule has 0 atom stereocenters. The molecule has 0 bridgehead atoms. The summed E-state index contributed by atoms with van der Waals surface area (Å²) in [4.78, 5) is 0. The zero-order valence-corrected chi connectivity index (χ0v) is 13.0. The third kappa shape index (κ3) is 3.50. The first-order chi connectivity index (χ1) is 8.29. The zero-order valence-electron chi connectivity index (χ0n) is 13.0. The van der Waals surface area contributed by atoms with Crippen LogP contribution in [0.3, 0.4) is 0 Å². The van der Waals surface area contributed by atoms with Crippen molar-refractivity contribution in [1.82, 2.24) is 0 Å². The predicted molar refractivity (Wildman–Crippen MR) is 79.5 cm³/mol. The Morgan fingerprint density at radius 3 is 1.28 bits per heavy atom. The zero-order chi connectivity index (χ0) is 13.4. The Labute approximate surface area is 114 Å². The second-order valence-corrected chi connectivity index (χ2v) is 8.58. The second kappa shape index (κ2) is 5.15. The van der Waals surface area contributed by atoms with Gasteiger partial charge in [0.2, 0.25) is 0 Å². The quantitative estimate of drug-likeness (QED) is 0.753. The van der Waals surface area contributed by atoms with Crippen LogP contribution in [-0.4, -0.2) is 6.04 Å². The summed E-state index contributed by atoms with van der Waals surface area (Å²) in [6.45, 7) is 9.66. The molecule has 0 saturated heterocycles. The Hall–Kier alpha value is -0.0400. The molecule has 0 radical (unpaired) electrons. The van der Waals surface area contributed by atoms with Crippen molar-refractivity contribution in [3.05, 3.63) is 0 Å². The third-order valence-corrected chi connectivity index (χ3v) is 5.86. The molecule has 0 amide bonds. The fourth-order valence-corrected chi connectivity index (χ4v) is 4.00. The Morgan fingerprint density at radius 2 is 1.00 bits per heavy atom. The molecule has 0 heterocycles. The first-order valence-electron chi connectivity index (χ1n) is 8.05. The van der Waals surface area contributed by atoms with Gasteiger partial charge in [-0.2, -0.15) is 0 Å². The highest BCUT2D eigenvalue weighted by Crippen LogP contribution is 2.44. The van der Waals surface area contributed by atoms with Gasteiger partial charge in [-0.15, -0.1) is 0 Å². The van der Waals surface area contributed by atoms with Gasteiger partial charge in [-0.3, -0.25) is 0 Å². The van der Waals surface area contributed by atoms with Crippen molar-refractivity contribution in [2.24, 2.45) is 28.4 Å². The van der Waals surface area contributed by atoms with E-state index in [1.807, 2.05) is 0 Å². The molecule has 0 spiro atoms. The van der Waals surface area contributed by atoms with Gasteiger partial charge in [-0.1, -0.05) is 27.7 Å². The SMILES string of the molecule is CC1(C)CCC(C(N)C2CCC(C)(C)CC2)CC1. The average Bonchev–Trinajstić information content (AvgIpc) is 2.28. The van der Waals surface area contributed by atoms with E-state index in [9.17, 15) is 0 Å². The maximum Gasteiger partial charge on any atom is 0.00956 e. The minimum Gasteiger partial charge on any atom is -0.327 e. The third-order valence-electron chi connectivity index (χ3n) is 5.86. The topological polar surface area (TPSA) is 26.0 Å². The summed E-state index contributed by atoms with van der Waals surface area (Å²) in [5.41, 5.74) is 7.75. The van der Waals surface area contributed by atoms with Gasteiger partial charge in [0.1, 0.15) is 0 Å². The van der Waals surface area contributed by atoms with Gasteiger partial charge in [0, 0.05) is 6.04 Å². The fraction of sp³-hybridized carbons (Fsp3) is 1.00. The molecule has 2 fully saturated rings. The van der Waals surface area contributed by atoms with Crippen molar-refractivity contribution in [3.63, 3.8) is 0 Å².